The first-order valence-corrected chi connectivity index (χ1v) is 6.57. The molecule has 0 spiro atoms. The molecule has 0 aromatic rings. The zero-order valence-electron chi connectivity index (χ0n) is 2.53. The van der Waals surface area contributed by atoms with Crippen molar-refractivity contribution in [3.05, 3.63) is 0 Å². The van der Waals surface area contributed by atoms with Crippen LogP contribution in [0.1, 0.15) is 0 Å². The van der Waals surface area contributed by atoms with Crippen molar-refractivity contribution >= 4 is 47.4 Å². The van der Waals surface area contributed by atoms with Crippen LogP contribution in [0.4, 0.5) is 0 Å². The van der Waals surface area contributed by atoms with Gasteiger partial charge in [-0.3, -0.25) is 0 Å². The fourth-order valence-electron chi connectivity index (χ4n) is 0.0272. The standard InChI is InChI=1S/2Bi.O2.2O/c;;1-2;;/q2*+1;-2;;. The fraction of sp³-hybridized carbons (Fsp3) is 0. The van der Waals surface area contributed by atoms with E-state index in [-0.39, 0.29) is 0 Å². The van der Waals surface area contributed by atoms with Gasteiger partial charge in [-0.05, 0) is 0 Å². The van der Waals surface area contributed by atoms with Gasteiger partial charge in [0.15, 0.2) is 0 Å². The Morgan fingerprint density at radius 3 is 1.50 bits per heavy atom. The fourth-order valence-corrected chi connectivity index (χ4v) is 2.10. The summed E-state index contributed by atoms with van der Waals surface area (Å²) in [7, 11) is 0. The van der Waals surface area contributed by atoms with Gasteiger partial charge in [0.1, 0.15) is 0 Å². The summed E-state index contributed by atoms with van der Waals surface area (Å²) in [6.07, 6.45) is 0. The minimum atomic E-state index is -2.01. The van der Waals surface area contributed by atoms with Crippen molar-refractivity contribution in [3.63, 3.8) is 0 Å². The van der Waals surface area contributed by atoms with Gasteiger partial charge in [-0.25, -0.2) is 0 Å². The van der Waals surface area contributed by atoms with Gasteiger partial charge in [-0.15, -0.1) is 0 Å². The van der Waals surface area contributed by atoms with Crippen molar-refractivity contribution in [3.8, 4) is 0 Å². The third-order valence-corrected chi connectivity index (χ3v) is 3.10. The van der Waals surface area contributed by atoms with Gasteiger partial charge < -0.3 is 0 Å². The first kappa shape index (κ1) is 7.29. The van der Waals surface area contributed by atoms with Crippen LogP contribution in [-0.4, -0.2) is 47.4 Å². The summed E-state index contributed by atoms with van der Waals surface area (Å²) in [6.45, 7) is 0. The zero-order valence-corrected chi connectivity index (χ0v) is 9.48. The summed E-state index contributed by atoms with van der Waals surface area (Å²) in [5, 5.41) is 0. The van der Waals surface area contributed by atoms with Crippen LogP contribution in [0.3, 0.4) is 0 Å². The van der Waals surface area contributed by atoms with E-state index in [0.29, 0.717) is 0 Å². The molecule has 0 heterocycles. The third kappa shape index (κ3) is 5.29. The van der Waals surface area contributed by atoms with E-state index in [1.165, 1.54) is 0 Å². The summed E-state index contributed by atoms with van der Waals surface area (Å²) in [5.74, 6) is 0. The van der Waals surface area contributed by atoms with Gasteiger partial charge in [-0.1, -0.05) is 0 Å². The van der Waals surface area contributed by atoms with E-state index in [1.54, 1.807) is 0 Å². The van der Waals surface area contributed by atoms with Gasteiger partial charge in [-0.2, -0.15) is 0 Å². The molecule has 0 bridgehead atoms. The normalized spacial score (nSPS) is 7.33. The summed E-state index contributed by atoms with van der Waals surface area (Å²) >= 11 is -4.02. The molecule has 0 saturated carbocycles. The second kappa shape index (κ2) is 6.29. The van der Waals surface area contributed by atoms with Crippen molar-refractivity contribution in [2.75, 3.05) is 0 Å². The molecule has 0 amide bonds. The zero-order chi connectivity index (χ0) is 4.83. The summed E-state index contributed by atoms with van der Waals surface area (Å²) in [5.41, 5.74) is 0. The molecule has 0 aliphatic rings. The second-order valence-electron chi connectivity index (χ2n) is 0.298. The van der Waals surface area contributed by atoms with Crippen LogP contribution in [0, 0.1) is 0 Å². The molecule has 0 fully saturated rings. The van der Waals surface area contributed by atoms with Gasteiger partial charge >= 0.3 is 58.9 Å². The molecular weight excluding hydrogens is 482 g/mol. The van der Waals surface area contributed by atoms with E-state index in [0.717, 1.165) is 0 Å². The van der Waals surface area contributed by atoms with Crippen molar-refractivity contribution in [2.45, 2.75) is 0 Å². The molecule has 0 N–H and O–H groups in total. The molecule has 0 atom stereocenters. The average Bonchev–Trinajstić information content (AvgIpc) is 1.61. The van der Waals surface area contributed by atoms with Crippen LogP contribution >= 0.6 is 0 Å². The predicted molar refractivity (Wildman–Crippen MR) is 15.1 cm³/mol. The van der Waals surface area contributed by atoms with Crippen LogP contribution < -0.4 is 0 Å². The Bertz CT molecular complexity index is 41.5. The molecular formula is Bi2O4. The van der Waals surface area contributed by atoms with Crippen molar-refractivity contribution in [2.24, 2.45) is 0 Å². The van der Waals surface area contributed by atoms with Gasteiger partial charge in [0.25, 0.3) is 0 Å². The molecule has 0 saturated heterocycles. The predicted octanol–water partition coefficient (Wildman–Crippen LogP) is -1.14. The van der Waals surface area contributed by atoms with E-state index in [2.05, 4.69) is 5.93 Å². The van der Waals surface area contributed by atoms with Gasteiger partial charge in [0.05, 0.1) is 0 Å². The molecule has 4 nitrogen and oxygen atoms in total. The second-order valence-corrected chi connectivity index (χ2v) is 2.62. The van der Waals surface area contributed by atoms with E-state index in [1.807, 2.05) is 0 Å². The Balaban J connectivity index is 2.66. The van der Waals surface area contributed by atoms with E-state index in [9.17, 15) is 5.63 Å². The molecule has 0 aromatic carbocycles. The molecule has 0 aromatic heterocycles. The maximum atomic E-state index is 9.41. The van der Waals surface area contributed by atoms with Gasteiger partial charge in [0.2, 0.25) is 0 Å². The first-order chi connectivity index (χ1) is 2.91. The van der Waals surface area contributed by atoms with Crippen LogP contribution in [0.5, 0.6) is 0 Å². The molecule has 0 rings (SSSR count). The molecule has 34 valence electrons. The summed E-state index contributed by atoms with van der Waals surface area (Å²) in [4.78, 5) is 0. The molecule has 0 aliphatic carbocycles. The Morgan fingerprint density at radius 1 is 1.00 bits per heavy atom. The van der Waals surface area contributed by atoms with Crippen molar-refractivity contribution in [1.29, 1.82) is 0 Å². The summed E-state index contributed by atoms with van der Waals surface area (Å²) in [6, 6.07) is 0. The molecule has 0 radical (unpaired) electrons. The Hall–Kier alpha value is 1.29. The monoisotopic (exact) mass is 482 g/mol. The Labute approximate surface area is 58.4 Å². The van der Waals surface area contributed by atoms with E-state index >= 15 is 0 Å². The first-order valence-electron chi connectivity index (χ1n) is 0.897. The van der Waals surface area contributed by atoms with Gasteiger partial charge in [0, 0.05) is 0 Å². The van der Waals surface area contributed by atoms with Crippen LogP contribution in [0.2, 0.25) is 0 Å². The topological polar surface area (TPSA) is 52.6 Å². The number of hydrogen-bond acceptors (Lipinski definition) is 4. The van der Waals surface area contributed by atoms with Crippen LogP contribution in [0.25, 0.3) is 0 Å². The summed E-state index contributed by atoms with van der Waals surface area (Å²) < 4.78 is 26.6. The average molecular weight is 482 g/mol. The van der Waals surface area contributed by atoms with Crippen molar-refractivity contribution in [1.82, 2.24) is 0 Å². The van der Waals surface area contributed by atoms with Crippen LogP contribution in [-0.2, 0) is 11.6 Å². The molecule has 0 aliphatic heterocycles. The Morgan fingerprint density at radius 2 is 1.33 bits per heavy atom. The third-order valence-electron chi connectivity index (χ3n) is 0.0942. The molecule has 6 heteroatoms. The Kier molecular flexibility index (Phi) is 7.63. The minimum absolute atomic E-state index is 2.01. The number of hydrogen-bond donors (Lipinski definition) is 0. The van der Waals surface area contributed by atoms with Crippen molar-refractivity contribution < 1.29 is 11.6 Å². The van der Waals surface area contributed by atoms with E-state index in [4.69, 9.17) is 0 Å². The molecule has 0 unspecified atom stereocenters. The van der Waals surface area contributed by atoms with E-state index < -0.39 is 47.4 Å². The quantitative estimate of drug-likeness (QED) is 0.221. The number of rotatable bonds is 3. The SMILES string of the molecule is [O]=[Bi][O][O][Bi]=[O]. The maximum absolute atomic E-state index is 9.41. The molecule has 6 heavy (non-hydrogen) atoms. The van der Waals surface area contributed by atoms with Crippen LogP contribution in [0.15, 0.2) is 0 Å².